The topological polar surface area (TPSA) is 29.5 Å². The molecule has 2 aliphatic rings. The van der Waals surface area contributed by atoms with Crippen molar-refractivity contribution in [1.29, 1.82) is 0 Å². The third kappa shape index (κ3) is 3.50. The van der Waals surface area contributed by atoms with Crippen molar-refractivity contribution in [3.05, 3.63) is 41.5 Å². The van der Waals surface area contributed by atoms with Crippen molar-refractivity contribution in [2.45, 2.75) is 77.5 Å². The fourth-order valence-electron chi connectivity index (χ4n) is 3.74. The Bertz CT molecular complexity index is 654. The molecule has 1 amide bonds. The Balaban J connectivity index is 1.82. The van der Waals surface area contributed by atoms with Crippen molar-refractivity contribution in [3.8, 4) is 0 Å². The Morgan fingerprint density at radius 1 is 1.25 bits per heavy atom. The van der Waals surface area contributed by atoms with Crippen molar-refractivity contribution < 1.29 is 9.53 Å². The van der Waals surface area contributed by atoms with Gasteiger partial charge >= 0.3 is 6.09 Å². The van der Waals surface area contributed by atoms with Gasteiger partial charge in [-0.25, -0.2) is 4.79 Å². The Kier molecular flexibility index (Phi) is 4.46. The molecule has 2 unspecified atom stereocenters. The molecule has 0 saturated carbocycles. The number of benzene rings is 1. The first kappa shape index (κ1) is 17.1. The zero-order valence-corrected chi connectivity index (χ0v) is 15.5. The summed E-state index contributed by atoms with van der Waals surface area (Å²) in [6.07, 6.45) is 5.15. The third-order valence-electron chi connectivity index (χ3n) is 4.92. The van der Waals surface area contributed by atoms with Gasteiger partial charge in [0.25, 0.3) is 0 Å². The van der Waals surface area contributed by atoms with E-state index in [1.807, 2.05) is 25.7 Å². The SMILES string of the molecule is CC(C)c1cccc(C2=CC3CCC(C2)N3C(=O)OC(C)(C)C)c1. The lowest BCUT2D eigenvalue weighted by Crippen LogP contribution is -2.45. The predicted octanol–water partition coefficient (Wildman–Crippen LogP) is 5.37. The van der Waals surface area contributed by atoms with Crippen LogP contribution in [0, 0.1) is 0 Å². The van der Waals surface area contributed by atoms with E-state index in [-0.39, 0.29) is 18.2 Å². The molecule has 3 heteroatoms. The maximum atomic E-state index is 12.5. The van der Waals surface area contributed by atoms with E-state index in [0.29, 0.717) is 5.92 Å². The van der Waals surface area contributed by atoms with Gasteiger partial charge in [-0.15, -0.1) is 0 Å². The summed E-state index contributed by atoms with van der Waals surface area (Å²) in [7, 11) is 0. The fourth-order valence-corrected chi connectivity index (χ4v) is 3.74. The van der Waals surface area contributed by atoms with Crippen LogP contribution in [-0.2, 0) is 4.74 Å². The summed E-state index contributed by atoms with van der Waals surface area (Å²) in [5, 5.41) is 0. The minimum atomic E-state index is -0.438. The van der Waals surface area contributed by atoms with Gasteiger partial charge in [-0.3, -0.25) is 4.90 Å². The number of nitrogens with zero attached hydrogens (tertiary/aromatic N) is 1. The highest BCUT2D eigenvalue weighted by molar-refractivity contribution is 5.75. The van der Waals surface area contributed by atoms with Gasteiger partial charge in [0, 0.05) is 6.04 Å². The van der Waals surface area contributed by atoms with E-state index in [1.165, 1.54) is 16.7 Å². The normalized spacial score (nSPS) is 23.4. The average Bonchev–Trinajstić information content (AvgIpc) is 2.76. The highest BCUT2D eigenvalue weighted by Crippen LogP contribution is 2.39. The molecule has 0 aromatic heterocycles. The average molecular weight is 327 g/mol. The smallest absolute Gasteiger partial charge is 0.411 e. The second-order valence-corrected chi connectivity index (χ2v) is 8.36. The Hall–Kier alpha value is -1.77. The number of hydrogen-bond acceptors (Lipinski definition) is 2. The molecule has 1 fully saturated rings. The Labute approximate surface area is 145 Å². The molecule has 1 aromatic carbocycles. The summed E-state index contributed by atoms with van der Waals surface area (Å²) in [4.78, 5) is 14.5. The number of rotatable bonds is 2. The molecule has 1 saturated heterocycles. The number of fused-ring (bicyclic) bond motifs is 2. The molecule has 2 heterocycles. The number of hydrogen-bond donors (Lipinski definition) is 0. The van der Waals surface area contributed by atoms with Crippen molar-refractivity contribution in [3.63, 3.8) is 0 Å². The lowest BCUT2D eigenvalue weighted by atomic mass is 9.92. The minimum Gasteiger partial charge on any atom is -0.444 e. The molecule has 2 bridgehead atoms. The molecule has 130 valence electrons. The molecule has 0 aliphatic carbocycles. The molecular weight excluding hydrogens is 298 g/mol. The lowest BCUT2D eigenvalue weighted by molar-refractivity contribution is 0.0175. The number of carbonyl (C=O) groups is 1. The van der Waals surface area contributed by atoms with Crippen LogP contribution >= 0.6 is 0 Å². The van der Waals surface area contributed by atoms with E-state index in [4.69, 9.17) is 4.74 Å². The van der Waals surface area contributed by atoms with Crippen molar-refractivity contribution in [1.82, 2.24) is 4.90 Å². The van der Waals surface area contributed by atoms with Crippen LogP contribution in [0.1, 0.15) is 70.9 Å². The van der Waals surface area contributed by atoms with Crippen molar-refractivity contribution >= 4 is 11.7 Å². The quantitative estimate of drug-likeness (QED) is 0.731. The summed E-state index contributed by atoms with van der Waals surface area (Å²) >= 11 is 0. The van der Waals surface area contributed by atoms with Crippen LogP contribution in [0.5, 0.6) is 0 Å². The molecule has 2 aliphatic heterocycles. The van der Waals surface area contributed by atoms with Gasteiger partial charge in [0.1, 0.15) is 5.60 Å². The molecular formula is C21H29NO2. The number of amides is 1. The molecule has 3 nitrogen and oxygen atoms in total. The first-order valence-electron chi connectivity index (χ1n) is 9.07. The van der Waals surface area contributed by atoms with Gasteiger partial charge in [0.15, 0.2) is 0 Å². The van der Waals surface area contributed by atoms with Gasteiger partial charge in [-0.1, -0.05) is 44.2 Å². The van der Waals surface area contributed by atoms with E-state index in [9.17, 15) is 4.79 Å². The van der Waals surface area contributed by atoms with Crippen LogP contribution in [0.15, 0.2) is 30.3 Å². The van der Waals surface area contributed by atoms with Gasteiger partial charge in [0.05, 0.1) is 6.04 Å². The molecule has 0 radical (unpaired) electrons. The molecule has 0 spiro atoms. The van der Waals surface area contributed by atoms with Gasteiger partial charge in [0.2, 0.25) is 0 Å². The summed E-state index contributed by atoms with van der Waals surface area (Å²) in [6, 6.07) is 9.29. The largest absolute Gasteiger partial charge is 0.444 e. The minimum absolute atomic E-state index is 0.166. The monoisotopic (exact) mass is 327 g/mol. The molecule has 0 N–H and O–H groups in total. The second kappa shape index (κ2) is 6.27. The standard InChI is InChI=1S/C21H29NO2/c1-14(2)15-7-6-8-16(11-15)17-12-18-9-10-19(13-17)22(18)20(23)24-21(3,4)5/h6-8,11-12,14,18-19H,9-10,13H2,1-5H3. The number of carbonyl (C=O) groups excluding carboxylic acids is 1. The van der Waals surface area contributed by atoms with E-state index >= 15 is 0 Å². The van der Waals surface area contributed by atoms with Gasteiger partial charge in [-0.05, 0) is 62.7 Å². The lowest BCUT2D eigenvalue weighted by Gasteiger charge is -2.35. The molecule has 3 rings (SSSR count). The summed E-state index contributed by atoms with van der Waals surface area (Å²) in [6.45, 7) is 10.2. The van der Waals surface area contributed by atoms with Crippen LogP contribution in [0.25, 0.3) is 5.57 Å². The van der Waals surface area contributed by atoms with Crippen LogP contribution in [0.3, 0.4) is 0 Å². The zero-order chi connectivity index (χ0) is 17.5. The summed E-state index contributed by atoms with van der Waals surface area (Å²) in [5.74, 6) is 0.532. The van der Waals surface area contributed by atoms with E-state index in [0.717, 1.165) is 19.3 Å². The zero-order valence-electron chi connectivity index (χ0n) is 15.5. The summed E-state index contributed by atoms with van der Waals surface area (Å²) < 4.78 is 5.61. The summed E-state index contributed by atoms with van der Waals surface area (Å²) in [5.41, 5.74) is 3.62. The van der Waals surface area contributed by atoms with Crippen LogP contribution in [0.2, 0.25) is 0 Å². The van der Waals surface area contributed by atoms with Crippen molar-refractivity contribution in [2.24, 2.45) is 0 Å². The van der Waals surface area contributed by atoms with Crippen LogP contribution < -0.4 is 0 Å². The maximum absolute atomic E-state index is 12.5. The Morgan fingerprint density at radius 3 is 2.62 bits per heavy atom. The van der Waals surface area contributed by atoms with Crippen LogP contribution in [-0.4, -0.2) is 28.7 Å². The van der Waals surface area contributed by atoms with Crippen molar-refractivity contribution in [2.75, 3.05) is 0 Å². The molecule has 1 aromatic rings. The first-order valence-corrected chi connectivity index (χ1v) is 9.07. The van der Waals surface area contributed by atoms with E-state index in [2.05, 4.69) is 44.2 Å². The maximum Gasteiger partial charge on any atom is 0.411 e. The first-order chi connectivity index (χ1) is 11.2. The highest BCUT2D eigenvalue weighted by atomic mass is 16.6. The molecule has 24 heavy (non-hydrogen) atoms. The second-order valence-electron chi connectivity index (χ2n) is 8.36. The predicted molar refractivity (Wildman–Crippen MR) is 98.0 cm³/mol. The van der Waals surface area contributed by atoms with Crippen LogP contribution in [0.4, 0.5) is 4.79 Å². The van der Waals surface area contributed by atoms with E-state index < -0.39 is 5.60 Å². The highest BCUT2D eigenvalue weighted by Gasteiger charge is 2.41. The third-order valence-corrected chi connectivity index (χ3v) is 4.92. The fraction of sp³-hybridized carbons (Fsp3) is 0.571. The Morgan fingerprint density at radius 2 is 2.00 bits per heavy atom. The van der Waals surface area contributed by atoms with Gasteiger partial charge < -0.3 is 4.74 Å². The van der Waals surface area contributed by atoms with E-state index in [1.54, 1.807) is 0 Å². The number of ether oxygens (including phenoxy) is 1. The van der Waals surface area contributed by atoms with Gasteiger partial charge in [-0.2, -0.15) is 0 Å². The molecule has 2 atom stereocenters.